The van der Waals surface area contributed by atoms with Gasteiger partial charge in [0.2, 0.25) is 5.91 Å². The van der Waals surface area contributed by atoms with Crippen molar-refractivity contribution in [3.8, 4) is 5.75 Å². The van der Waals surface area contributed by atoms with Gasteiger partial charge in [-0.3, -0.25) is 24.5 Å². The number of amides is 3. The molecule has 0 bridgehead atoms. The van der Waals surface area contributed by atoms with Crippen LogP contribution in [0.3, 0.4) is 0 Å². The lowest BCUT2D eigenvalue weighted by Gasteiger charge is -2.23. The summed E-state index contributed by atoms with van der Waals surface area (Å²) in [6, 6.07) is 6.69. The monoisotopic (exact) mass is 388 g/mol. The molecule has 1 heterocycles. The molecule has 1 aliphatic carbocycles. The van der Waals surface area contributed by atoms with Crippen LogP contribution in [0.2, 0.25) is 0 Å². The van der Waals surface area contributed by atoms with Gasteiger partial charge in [-0.15, -0.1) is 0 Å². The van der Waals surface area contributed by atoms with Gasteiger partial charge < -0.3 is 14.4 Å². The number of methoxy groups -OCH3 is 1. The number of hydrogen-bond donors (Lipinski definition) is 1. The predicted molar refractivity (Wildman–Crippen MR) is 98.5 cm³/mol. The summed E-state index contributed by atoms with van der Waals surface area (Å²) in [4.78, 5) is 50.3. The molecule has 0 radical (unpaired) electrons. The number of nitrogens with zero attached hydrogens (tertiary/aromatic N) is 1. The molecule has 1 saturated heterocycles. The van der Waals surface area contributed by atoms with Crippen LogP contribution in [-0.4, -0.2) is 54.9 Å². The highest BCUT2D eigenvalue weighted by Crippen LogP contribution is 2.29. The maximum atomic E-state index is 12.2. The Bertz CT molecular complexity index is 772. The third-order valence-corrected chi connectivity index (χ3v) is 5.21. The van der Waals surface area contributed by atoms with Crippen molar-refractivity contribution in [2.75, 3.05) is 20.3 Å². The van der Waals surface area contributed by atoms with Crippen molar-refractivity contribution < 1.29 is 28.7 Å². The minimum absolute atomic E-state index is 0.0374. The molecule has 150 valence electrons. The molecule has 3 amide bonds. The van der Waals surface area contributed by atoms with Crippen molar-refractivity contribution in [3.05, 3.63) is 29.8 Å². The highest BCUT2D eigenvalue weighted by Gasteiger charge is 2.39. The summed E-state index contributed by atoms with van der Waals surface area (Å²) in [7, 11) is 1.42. The lowest BCUT2D eigenvalue weighted by atomic mass is 10.1. The van der Waals surface area contributed by atoms with Gasteiger partial charge in [0.1, 0.15) is 5.75 Å². The molecule has 0 aromatic heterocycles. The summed E-state index contributed by atoms with van der Waals surface area (Å²) in [5.41, 5.74) is 0.207. The van der Waals surface area contributed by atoms with Crippen LogP contribution in [0, 0.1) is 5.92 Å². The van der Waals surface area contributed by atoms with Gasteiger partial charge in [-0.25, -0.2) is 0 Å². The summed E-state index contributed by atoms with van der Waals surface area (Å²) < 4.78 is 10.1. The zero-order valence-electron chi connectivity index (χ0n) is 15.8. The average molecular weight is 388 g/mol. The van der Waals surface area contributed by atoms with E-state index >= 15 is 0 Å². The van der Waals surface area contributed by atoms with Crippen molar-refractivity contribution in [2.45, 2.75) is 38.1 Å². The van der Waals surface area contributed by atoms with Gasteiger partial charge in [-0.1, -0.05) is 25.0 Å². The van der Waals surface area contributed by atoms with E-state index in [0.29, 0.717) is 12.3 Å². The molecule has 1 saturated carbocycles. The van der Waals surface area contributed by atoms with Crippen molar-refractivity contribution in [1.29, 1.82) is 0 Å². The molecule has 3 rings (SSSR count). The van der Waals surface area contributed by atoms with E-state index in [2.05, 4.69) is 5.32 Å². The molecule has 2 fully saturated rings. The lowest BCUT2D eigenvalue weighted by molar-refractivity contribution is -0.152. The first-order chi connectivity index (χ1) is 13.5. The number of carbonyl (C=O) groups excluding carboxylic acids is 4. The van der Waals surface area contributed by atoms with Crippen LogP contribution < -0.4 is 10.1 Å². The number of hydrogen-bond acceptors (Lipinski definition) is 6. The maximum absolute atomic E-state index is 12.2. The van der Waals surface area contributed by atoms with Crippen LogP contribution in [0.4, 0.5) is 0 Å². The second-order valence-corrected chi connectivity index (χ2v) is 7.07. The smallest absolute Gasteiger partial charge is 0.311 e. The number of nitrogens with one attached hydrogen (secondary N) is 1. The molecule has 2 aliphatic rings. The van der Waals surface area contributed by atoms with Gasteiger partial charge >= 0.3 is 5.97 Å². The fraction of sp³-hybridized carbons (Fsp3) is 0.500. The summed E-state index contributed by atoms with van der Waals surface area (Å²) >= 11 is 0. The first-order valence-electron chi connectivity index (χ1n) is 9.43. The summed E-state index contributed by atoms with van der Waals surface area (Å²) in [6.45, 7) is -0.238. The largest absolute Gasteiger partial charge is 0.496 e. The first kappa shape index (κ1) is 19.9. The van der Waals surface area contributed by atoms with Crippen LogP contribution in [-0.2, 0) is 19.1 Å². The fourth-order valence-electron chi connectivity index (χ4n) is 3.78. The molecular formula is C20H24N2O6. The van der Waals surface area contributed by atoms with Crippen LogP contribution >= 0.6 is 0 Å². The predicted octanol–water partition coefficient (Wildman–Crippen LogP) is 1.29. The maximum Gasteiger partial charge on any atom is 0.311 e. The van der Waals surface area contributed by atoms with E-state index in [4.69, 9.17) is 9.47 Å². The standard InChI is InChI=1S/C20H24N2O6/c1-27-16-9-5-4-8-15(16)19(25)21-17(23)12-28-20(26)13-10-18(24)22(11-13)14-6-2-3-7-14/h4-5,8-9,13-14H,2-3,6-7,10-12H2,1H3,(H,21,23,25)/t13-/m0/s1. The summed E-state index contributed by atoms with van der Waals surface area (Å²) in [5, 5.41) is 2.17. The van der Waals surface area contributed by atoms with Crippen LogP contribution in [0.25, 0.3) is 0 Å². The molecule has 0 unspecified atom stereocenters. The SMILES string of the molecule is COc1ccccc1C(=O)NC(=O)COC(=O)[C@H]1CC(=O)N(C2CCCC2)C1. The molecule has 1 atom stereocenters. The Hall–Kier alpha value is -2.90. The van der Waals surface area contributed by atoms with Crippen LogP contribution in [0.15, 0.2) is 24.3 Å². The zero-order valence-corrected chi connectivity index (χ0v) is 15.8. The summed E-state index contributed by atoms with van der Waals surface area (Å²) in [6.07, 6.45) is 4.26. The molecule has 0 spiro atoms. The van der Waals surface area contributed by atoms with Gasteiger partial charge in [-0.2, -0.15) is 0 Å². The average Bonchev–Trinajstić information content (AvgIpc) is 3.35. The molecule has 1 aromatic carbocycles. The molecular weight excluding hydrogens is 364 g/mol. The van der Waals surface area contributed by atoms with E-state index in [9.17, 15) is 19.2 Å². The number of likely N-dealkylation sites (tertiary alicyclic amines) is 1. The number of esters is 1. The molecule has 8 heteroatoms. The Morgan fingerprint density at radius 1 is 1.18 bits per heavy atom. The first-order valence-corrected chi connectivity index (χ1v) is 9.43. The minimum Gasteiger partial charge on any atom is -0.496 e. The Kier molecular flexibility index (Phi) is 6.28. The van der Waals surface area contributed by atoms with E-state index in [1.807, 2.05) is 0 Å². The van der Waals surface area contributed by atoms with E-state index in [0.717, 1.165) is 25.7 Å². The van der Waals surface area contributed by atoms with Crippen molar-refractivity contribution in [1.82, 2.24) is 10.2 Å². The Balaban J connectivity index is 1.47. The number of rotatable bonds is 6. The van der Waals surface area contributed by atoms with Gasteiger partial charge in [0.25, 0.3) is 11.8 Å². The van der Waals surface area contributed by atoms with Gasteiger partial charge in [0, 0.05) is 19.0 Å². The number of imide groups is 1. The molecule has 1 N–H and O–H groups in total. The Morgan fingerprint density at radius 3 is 2.61 bits per heavy atom. The second kappa shape index (κ2) is 8.86. The van der Waals surface area contributed by atoms with Crippen molar-refractivity contribution in [3.63, 3.8) is 0 Å². The molecule has 1 aliphatic heterocycles. The summed E-state index contributed by atoms with van der Waals surface area (Å²) in [5.74, 6) is -2.23. The molecule has 28 heavy (non-hydrogen) atoms. The number of benzene rings is 1. The number of para-hydroxylation sites is 1. The molecule has 8 nitrogen and oxygen atoms in total. The van der Waals surface area contributed by atoms with E-state index in [-0.39, 0.29) is 23.9 Å². The van der Waals surface area contributed by atoms with E-state index in [1.165, 1.54) is 13.2 Å². The Morgan fingerprint density at radius 2 is 1.89 bits per heavy atom. The highest BCUT2D eigenvalue weighted by atomic mass is 16.5. The zero-order chi connectivity index (χ0) is 20.1. The number of ether oxygens (including phenoxy) is 2. The minimum atomic E-state index is -0.735. The highest BCUT2D eigenvalue weighted by molar-refractivity contribution is 6.06. The van der Waals surface area contributed by atoms with E-state index < -0.39 is 30.3 Å². The fourth-order valence-corrected chi connectivity index (χ4v) is 3.78. The third kappa shape index (κ3) is 4.49. The van der Waals surface area contributed by atoms with Crippen LogP contribution in [0.1, 0.15) is 42.5 Å². The van der Waals surface area contributed by atoms with Gasteiger partial charge in [-0.05, 0) is 25.0 Å². The number of carbonyl (C=O) groups is 4. The topological polar surface area (TPSA) is 102 Å². The molecule has 1 aromatic rings. The van der Waals surface area contributed by atoms with Crippen molar-refractivity contribution in [2.24, 2.45) is 5.92 Å². The lowest BCUT2D eigenvalue weighted by Crippen LogP contribution is -2.36. The van der Waals surface area contributed by atoms with Gasteiger partial charge in [0.05, 0.1) is 18.6 Å². The van der Waals surface area contributed by atoms with Crippen LogP contribution in [0.5, 0.6) is 5.75 Å². The van der Waals surface area contributed by atoms with E-state index in [1.54, 1.807) is 23.1 Å². The normalized spacial score (nSPS) is 19.5. The van der Waals surface area contributed by atoms with Gasteiger partial charge in [0.15, 0.2) is 6.61 Å². The Labute approximate surface area is 163 Å². The quantitative estimate of drug-likeness (QED) is 0.737. The third-order valence-electron chi connectivity index (χ3n) is 5.21. The second-order valence-electron chi connectivity index (χ2n) is 7.07. The van der Waals surface area contributed by atoms with Crippen molar-refractivity contribution >= 4 is 23.7 Å².